The van der Waals surface area contributed by atoms with Gasteiger partial charge in [0.2, 0.25) is 0 Å². The van der Waals surface area contributed by atoms with Crippen molar-refractivity contribution in [2.75, 3.05) is 4.90 Å². The number of anilines is 1. The lowest BCUT2D eigenvalue weighted by Gasteiger charge is -2.14. The van der Waals surface area contributed by atoms with E-state index in [0.717, 1.165) is 4.90 Å². The lowest BCUT2D eigenvalue weighted by atomic mass is 10.1. The number of ether oxygens (including phenoxy) is 1. The highest BCUT2D eigenvalue weighted by Crippen LogP contribution is 2.28. The zero-order chi connectivity index (χ0) is 20.5. The van der Waals surface area contributed by atoms with Gasteiger partial charge in [-0.15, -0.1) is 0 Å². The number of benzene rings is 3. The van der Waals surface area contributed by atoms with Gasteiger partial charge in [0.25, 0.3) is 11.8 Å². The molecular formula is C23H15NO5. The van der Waals surface area contributed by atoms with Gasteiger partial charge in [-0.2, -0.15) is 0 Å². The van der Waals surface area contributed by atoms with Crippen molar-refractivity contribution in [3.63, 3.8) is 0 Å². The maximum Gasteiger partial charge on any atom is 0.343 e. The first-order valence-corrected chi connectivity index (χ1v) is 8.87. The number of Topliss-reactive ketones (excluding diaryl/α,β-unsaturated/α-hetero) is 1. The highest BCUT2D eigenvalue weighted by molar-refractivity contribution is 6.34. The number of imide groups is 1. The van der Waals surface area contributed by atoms with Gasteiger partial charge in [0, 0.05) is 5.56 Å². The summed E-state index contributed by atoms with van der Waals surface area (Å²) >= 11 is 0. The van der Waals surface area contributed by atoms with E-state index in [4.69, 9.17) is 4.74 Å². The minimum absolute atomic E-state index is 0.0772. The fraction of sp³-hybridized carbons (Fsp3) is 0.0435. The van der Waals surface area contributed by atoms with Crippen molar-refractivity contribution < 1.29 is 23.9 Å². The van der Waals surface area contributed by atoms with E-state index in [1.807, 2.05) is 0 Å². The average molecular weight is 385 g/mol. The van der Waals surface area contributed by atoms with Crippen molar-refractivity contribution in [2.45, 2.75) is 6.92 Å². The summed E-state index contributed by atoms with van der Waals surface area (Å²) in [6, 6.07) is 18.9. The lowest BCUT2D eigenvalue weighted by Crippen LogP contribution is -2.29. The Hall–Kier alpha value is -4.06. The number of esters is 1. The number of amides is 2. The number of carbonyl (C=O) groups excluding carboxylic acids is 4. The quantitative estimate of drug-likeness (QED) is 0.294. The summed E-state index contributed by atoms with van der Waals surface area (Å²) < 4.78 is 5.30. The number of carbonyl (C=O) groups is 4. The number of hydrogen-bond acceptors (Lipinski definition) is 5. The topological polar surface area (TPSA) is 80.8 Å². The molecule has 3 aromatic carbocycles. The Labute approximate surface area is 166 Å². The molecule has 0 saturated carbocycles. The van der Waals surface area contributed by atoms with Gasteiger partial charge in [0.05, 0.1) is 22.4 Å². The first-order chi connectivity index (χ1) is 14.0. The van der Waals surface area contributed by atoms with Gasteiger partial charge in [-0.25, -0.2) is 9.69 Å². The summed E-state index contributed by atoms with van der Waals surface area (Å²) in [5.41, 5.74) is 1.87. The lowest BCUT2D eigenvalue weighted by molar-refractivity contribution is 0.0734. The molecular weight excluding hydrogens is 370 g/mol. The van der Waals surface area contributed by atoms with Crippen molar-refractivity contribution >= 4 is 29.3 Å². The summed E-state index contributed by atoms with van der Waals surface area (Å²) in [6.45, 7) is 1.46. The van der Waals surface area contributed by atoms with Crippen LogP contribution >= 0.6 is 0 Å². The Morgan fingerprint density at radius 2 is 1.24 bits per heavy atom. The standard InChI is InChI=1S/C23H15NO5/c1-14(25)15-8-12-18(13-9-15)29-23(28)16-6-10-17(11-7-16)24-21(26)19-4-2-3-5-20(19)22(24)27/h2-13H,1H3. The van der Waals surface area contributed by atoms with E-state index in [-0.39, 0.29) is 11.3 Å². The summed E-state index contributed by atoms with van der Waals surface area (Å²) in [6.07, 6.45) is 0. The predicted octanol–water partition coefficient (Wildman–Crippen LogP) is 3.91. The van der Waals surface area contributed by atoms with Crippen LogP contribution in [0.15, 0.2) is 72.8 Å². The van der Waals surface area contributed by atoms with E-state index in [0.29, 0.717) is 28.1 Å². The van der Waals surface area contributed by atoms with Crippen molar-refractivity contribution in [3.05, 3.63) is 95.1 Å². The van der Waals surface area contributed by atoms with Crippen LogP contribution in [-0.4, -0.2) is 23.6 Å². The summed E-state index contributed by atoms with van der Waals surface area (Å²) in [7, 11) is 0. The first-order valence-electron chi connectivity index (χ1n) is 8.87. The maximum atomic E-state index is 12.5. The number of fused-ring (bicyclic) bond motifs is 1. The van der Waals surface area contributed by atoms with Gasteiger partial charge in [0.1, 0.15) is 5.75 Å². The zero-order valence-corrected chi connectivity index (χ0v) is 15.4. The molecule has 4 rings (SSSR count). The molecule has 0 fully saturated rings. The Balaban J connectivity index is 1.51. The third kappa shape index (κ3) is 3.32. The molecule has 0 spiro atoms. The summed E-state index contributed by atoms with van der Waals surface area (Å²) in [4.78, 5) is 49.8. The van der Waals surface area contributed by atoms with Crippen LogP contribution in [0.1, 0.15) is 48.4 Å². The van der Waals surface area contributed by atoms with Crippen molar-refractivity contribution in [2.24, 2.45) is 0 Å². The number of ketones is 1. The molecule has 1 heterocycles. The molecule has 29 heavy (non-hydrogen) atoms. The van der Waals surface area contributed by atoms with E-state index in [2.05, 4.69) is 0 Å². The van der Waals surface area contributed by atoms with E-state index < -0.39 is 17.8 Å². The second-order valence-corrected chi connectivity index (χ2v) is 6.51. The molecule has 0 unspecified atom stereocenters. The van der Waals surface area contributed by atoms with Gasteiger partial charge in [-0.05, 0) is 67.6 Å². The smallest absolute Gasteiger partial charge is 0.343 e. The number of hydrogen-bond donors (Lipinski definition) is 0. The van der Waals surface area contributed by atoms with Gasteiger partial charge in [-0.1, -0.05) is 12.1 Å². The Kier molecular flexibility index (Phi) is 4.52. The molecule has 142 valence electrons. The van der Waals surface area contributed by atoms with E-state index >= 15 is 0 Å². The molecule has 1 aliphatic heterocycles. The Morgan fingerprint density at radius 1 is 0.724 bits per heavy atom. The van der Waals surface area contributed by atoms with E-state index in [9.17, 15) is 19.2 Å². The largest absolute Gasteiger partial charge is 0.423 e. The van der Waals surface area contributed by atoms with Gasteiger partial charge in [-0.3, -0.25) is 14.4 Å². The molecule has 0 saturated heterocycles. The van der Waals surface area contributed by atoms with Crippen molar-refractivity contribution in [3.8, 4) is 5.75 Å². The highest BCUT2D eigenvalue weighted by atomic mass is 16.5. The minimum atomic E-state index is -0.588. The van der Waals surface area contributed by atoms with Crippen LogP contribution in [0.25, 0.3) is 0 Å². The summed E-state index contributed by atoms with van der Waals surface area (Å²) in [5.74, 6) is -1.15. The molecule has 3 aromatic rings. The summed E-state index contributed by atoms with van der Waals surface area (Å²) in [5, 5.41) is 0. The highest BCUT2D eigenvalue weighted by Gasteiger charge is 2.36. The van der Waals surface area contributed by atoms with Crippen molar-refractivity contribution in [1.82, 2.24) is 0 Å². The molecule has 6 nitrogen and oxygen atoms in total. The third-order valence-electron chi connectivity index (χ3n) is 4.63. The third-order valence-corrected chi connectivity index (χ3v) is 4.63. The number of nitrogens with zero attached hydrogens (tertiary/aromatic N) is 1. The van der Waals surface area contributed by atoms with Gasteiger partial charge in [0.15, 0.2) is 5.78 Å². The molecule has 0 bridgehead atoms. The minimum Gasteiger partial charge on any atom is -0.423 e. The van der Waals surface area contributed by atoms with E-state index in [1.54, 1.807) is 48.5 Å². The second-order valence-electron chi connectivity index (χ2n) is 6.51. The van der Waals surface area contributed by atoms with Crippen molar-refractivity contribution in [1.29, 1.82) is 0 Å². The Morgan fingerprint density at radius 3 is 1.76 bits per heavy atom. The molecule has 0 N–H and O–H groups in total. The fourth-order valence-electron chi connectivity index (χ4n) is 3.09. The molecule has 0 aromatic heterocycles. The van der Waals surface area contributed by atoms with Gasteiger partial charge >= 0.3 is 5.97 Å². The fourth-order valence-corrected chi connectivity index (χ4v) is 3.09. The first kappa shape index (κ1) is 18.3. The van der Waals surface area contributed by atoms with Crippen LogP contribution in [0.5, 0.6) is 5.75 Å². The molecule has 2 amide bonds. The normalized spacial score (nSPS) is 12.7. The van der Waals surface area contributed by atoms with Crippen LogP contribution in [0.4, 0.5) is 5.69 Å². The molecule has 0 atom stereocenters. The van der Waals surface area contributed by atoms with E-state index in [1.165, 1.54) is 31.2 Å². The zero-order valence-electron chi connectivity index (χ0n) is 15.4. The second kappa shape index (κ2) is 7.16. The number of rotatable bonds is 4. The predicted molar refractivity (Wildman–Crippen MR) is 105 cm³/mol. The monoisotopic (exact) mass is 385 g/mol. The average Bonchev–Trinajstić information content (AvgIpc) is 2.99. The molecule has 0 aliphatic carbocycles. The van der Waals surface area contributed by atoms with Crippen LogP contribution in [-0.2, 0) is 0 Å². The molecule has 1 aliphatic rings. The van der Waals surface area contributed by atoms with Crippen LogP contribution in [0, 0.1) is 0 Å². The molecule has 6 heteroatoms. The Bertz CT molecular complexity index is 1110. The van der Waals surface area contributed by atoms with Gasteiger partial charge < -0.3 is 4.74 Å². The molecule has 0 radical (unpaired) electrons. The van der Waals surface area contributed by atoms with Crippen LogP contribution < -0.4 is 9.64 Å². The van der Waals surface area contributed by atoms with Crippen LogP contribution in [0.2, 0.25) is 0 Å². The van der Waals surface area contributed by atoms with Crippen LogP contribution in [0.3, 0.4) is 0 Å². The maximum absolute atomic E-state index is 12.5. The SMILES string of the molecule is CC(=O)c1ccc(OC(=O)c2ccc(N3C(=O)c4ccccc4C3=O)cc2)cc1.